The van der Waals surface area contributed by atoms with Crippen LogP contribution in [0.2, 0.25) is 0 Å². The lowest BCUT2D eigenvalue weighted by atomic mass is 10.3. The van der Waals surface area contributed by atoms with Gasteiger partial charge in [-0.15, -0.1) is 24.8 Å². The van der Waals surface area contributed by atoms with Gasteiger partial charge in [0.15, 0.2) is 0 Å². The predicted octanol–water partition coefficient (Wildman–Crippen LogP) is 1.38. The molecule has 0 bridgehead atoms. The SMILES string of the molecule is Cl.Cl.O=S(=O)(NCCCN1CCNCC1)c1cc(F)cc(F)c1. The molecule has 1 saturated heterocycles. The van der Waals surface area contributed by atoms with Gasteiger partial charge in [0.2, 0.25) is 10.0 Å². The van der Waals surface area contributed by atoms with Gasteiger partial charge in [-0.05, 0) is 25.1 Å². The second kappa shape index (κ2) is 10.4. The molecule has 5 nitrogen and oxygen atoms in total. The highest BCUT2D eigenvalue weighted by Gasteiger charge is 2.16. The molecule has 0 spiro atoms. The van der Waals surface area contributed by atoms with E-state index < -0.39 is 21.7 Å². The Labute approximate surface area is 147 Å². The molecular formula is C13H21Cl2F2N3O2S. The minimum Gasteiger partial charge on any atom is -0.314 e. The molecule has 1 heterocycles. The van der Waals surface area contributed by atoms with Gasteiger partial charge in [-0.25, -0.2) is 21.9 Å². The summed E-state index contributed by atoms with van der Waals surface area (Å²) >= 11 is 0. The van der Waals surface area contributed by atoms with Crippen molar-refractivity contribution in [2.75, 3.05) is 39.3 Å². The number of rotatable bonds is 6. The van der Waals surface area contributed by atoms with Crippen LogP contribution in [0.5, 0.6) is 0 Å². The predicted molar refractivity (Wildman–Crippen MR) is 90.0 cm³/mol. The van der Waals surface area contributed by atoms with Crippen LogP contribution in [0.25, 0.3) is 0 Å². The van der Waals surface area contributed by atoms with Crippen LogP contribution in [0, 0.1) is 11.6 Å². The van der Waals surface area contributed by atoms with E-state index in [4.69, 9.17) is 0 Å². The molecule has 23 heavy (non-hydrogen) atoms. The maximum atomic E-state index is 13.0. The van der Waals surface area contributed by atoms with Gasteiger partial charge >= 0.3 is 0 Å². The molecule has 0 amide bonds. The summed E-state index contributed by atoms with van der Waals surface area (Å²) in [5, 5.41) is 3.24. The summed E-state index contributed by atoms with van der Waals surface area (Å²) in [6, 6.07) is 2.26. The van der Waals surface area contributed by atoms with Gasteiger partial charge in [-0.2, -0.15) is 0 Å². The van der Waals surface area contributed by atoms with Crippen LogP contribution >= 0.6 is 24.8 Å². The first-order valence-corrected chi connectivity index (χ1v) is 8.34. The summed E-state index contributed by atoms with van der Waals surface area (Å²) in [6.07, 6.45) is 0.650. The quantitative estimate of drug-likeness (QED) is 0.719. The Morgan fingerprint density at radius 3 is 2.22 bits per heavy atom. The number of benzene rings is 1. The Morgan fingerprint density at radius 2 is 1.65 bits per heavy atom. The maximum absolute atomic E-state index is 13.0. The van der Waals surface area contributed by atoms with E-state index in [0.29, 0.717) is 12.5 Å². The molecule has 0 saturated carbocycles. The second-order valence-electron chi connectivity index (χ2n) is 4.95. The number of halogens is 4. The molecule has 1 fully saturated rings. The van der Waals surface area contributed by atoms with E-state index in [2.05, 4.69) is 14.9 Å². The van der Waals surface area contributed by atoms with Gasteiger partial charge in [0.25, 0.3) is 0 Å². The lowest BCUT2D eigenvalue weighted by Crippen LogP contribution is -2.44. The first-order valence-electron chi connectivity index (χ1n) is 6.86. The standard InChI is InChI=1S/C13H19F2N3O2S.2ClH/c14-11-8-12(15)10-13(9-11)21(19,20)17-2-1-5-18-6-3-16-4-7-18;;/h8-10,16-17H,1-7H2;2*1H. The summed E-state index contributed by atoms with van der Waals surface area (Å²) in [5.41, 5.74) is 0. The lowest BCUT2D eigenvalue weighted by Gasteiger charge is -2.27. The third-order valence-electron chi connectivity index (χ3n) is 3.30. The van der Waals surface area contributed by atoms with Crippen LogP contribution in [0.3, 0.4) is 0 Å². The molecule has 1 aromatic carbocycles. The maximum Gasteiger partial charge on any atom is 0.240 e. The second-order valence-corrected chi connectivity index (χ2v) is 6.72. The fraction of sp³-hybridized carbons (Fsp3) is 0.538. The summed E-state index contributed by atoms with van der Waals surface area (Å²) in [6.45, 7) is 4.80. The van der Waals surface area contributed by atoms with Crippen molar-refractivity contribution in [3.05, 3.63) is 29.8 Å². The zero-order valence-corrected chi connectivity index (χ0v) is 14.9. The average Bonchev–Trinajstić information content (AvgIpc) is 2.44. The van der Waals surface area contributed by atoms with E-state index in [1.165, 1.54) is 0 Å². The molecule has 1 aromatic rings. The molecule has 0 aromatic heterocycles. The largest absolute Gasteiger partial charge is 0.314 e. The number of nitrogens with one attached hydrogen (secondary N) is 2. The van der Waals surface area contributed by atoms with Crippen molar-refractivity contribution in [1.82, 2.24) is 14.9 Å². The third kappa shape index (κ3) is 7.28. The Balaban J connectivity index is 0.00000242. The summed E-state index contributed by atoms with van der Waals surface area (Å²) in [5.74, 6) is -1.81. The molecule has 0 aliphatic carbocycles. The monoisotopic (exact) mass is 391 g/mol. The molecule has 1 aliphatic heterocycles. The van der Waals surface area contributed by atoms with Gasteiger partial charge in [0, 0.05) is 38.8 Å². The smallest absolute Gasteiger partial charge is 0.240 e. The fourth-order valence-electron chi connectivity index (χ4n) is 2.21. The highest BCUT2D eigenvalue weighted by Crippen LogP contribution is 2.13. The summed E-state index contributed by atoms with van der Waals surface area (Å²) < 4.78 is 52.3. The lowest BCUT2D eigenvalue weighted by molar-refractivity contribution is 0.239. The van der Waals surface area contributed by atoms with Crippen molar-refractivity contribution < 1.29 is 17.2 Å². The van der Waals surface area contributed by atoms with Crippen LogP contribution in [-0.2, 0) is 10.0 Å². The van der Waals surface area contributed by atoms with Crippen LogP contribution in [0.4, 0.5) is 8.78 Å². The Bertz CT molecular complexity index is 564. The normalized spacial score (nSPS) is 15.6. The van der Waals surface area contributed by atoms with Crippen molar-refractivity contribution in [2.24, 2.45) is 0 Å². The first-order chi connectivity index (χ1) is 9.97. The van der Waals surface area contributed by atoms with E-state index in [9.17, 15) is 17.2 Å². The molecule has 0 radical (unpaired) electrons. The minimum absolute atomic E-state index is 0. The first kappa shape index (κ1) is 22.5. The number of nitrogens with zero attached hydrogens (tertiary/aromatic N) is 1. The highest BCUT2D eigenvalue weighted by molar-refractivity contribution is 7.89. The third-order valence-corrected chi connectivity index (χ3v) is 4.74. The van der Waals surface area contributed by atoms with E-state index in [1.54, 1.807) is 0 Å². The van der Waals surface area contributed by atoms with Gasteiger partial charge < -0.3 is 10.2 Å². The zero-order valence-electron chi connectivity index (χ0n) is 12.4. The number of hydrogen-bond acceptors (Lipinski definition) is 4. The average molecular weight is 392 g/mol. The van der Waals surface area contributed by atoms with Crippen molar-refractivity contribution in [3.63, 3.8) is 0 Å². The van der Waals surface area contributed by atoms with Gasteiger partial charge in [0.1, 0.15) is 11.6 Å². The van der Waals surface area contributed by atoms with Gasteiger partial charge in [0.05, 0.1) is 4.90 Å². The van der Waals surface area contributed by atoms with Crippen LogP contribution in [0.1, 0.15) is 6.42 Å². The van der Waals surface area contributed by atoms with Crippen molar-refractivity contribution in [2.45, 2.75) is 11.3 Å². The fourth-order valence-corrected chi connectivity index (χ4v) is 3.33. The van der Waals surface area contributed by atoms with Crippen molar-refractivity contribution in [3.8, 4) is 0 Å². The topological polar surface area (TPSA) is 61.4 Å². The Kier molecular flexibility index (Phi) is 10.1. The van der Waals surface area contributed by atoms with Crippen molar-refractivity contribution >= 4 is 34.8 Å². The zero-order chi connectivity index (χ0) is 15.3. The molecule has 10 heteroatoms. The van der Waals surface area contributed by atoms with Crippen LogP contribution < -0.4 is 10.0 Å². The van der Waals surface area contributed by atoms with Crippen LogP contribution in [0.15, 0.2) is 23.1 Å². The Morgan fingerprint density at radius 1 is 1.09 bits per heavy atom. The van der Waals surface area contributed by atoms with E-state index in [1.807, 2.05) is 0 Å². The molecular weight excluding hydrogens is 371 g/mol. The number of sulfonamides is 1. The van der Waals surface area contributed by atoms with Crippen molar-refractivity contribution in [1.29, 1.82) is 0 Å². The molecule has 0 unspecified atom stereocenters. The summed E-state index contributed by atoms with van der Waals surface area (Å²) in [7, 11) is -3.87. The van der Waals surface area contributed by atoms with Crippen LogP contribution in [-0.4, -0.2) is 52.6 Å². The van der Waals surface area contributed by atoms with Gasteiger partial charge in [-0.1, -0.05) is 0 Å². The molecule has 1 aliphatic rings. The number of hydrogen-bond donors (Lipinski definition) is 2. The summed E-state index contributed by atoms with van der Waals surface area (Å²) in [4.78, 5) is 1.86. The highest BCUT2D eigenvalue weighted by atomic mass is 35.5. The molecule has 2 N–H and O–H groups in total. The molecule has 0 atom stereocenters. The van der Waals surface area contributed by atoms with Gasteiger partial charge in [-0.3, -0.25) is 0 Å². The van der Waals surface area contributed by atoms with E-state index >= 15 is 0 Å². The Hall–Kier alpha value is -0.510. The molecule has 134 valence electrons. The number of piperazine rings is 1. The minimum atomic E-state index is -3.87. The molecule has 2 rings (SSSR count). The van der Waals surface area contributed by atoms with E-state index in [0.717, 1.165) is 44.9 Å². The van der Waals surface area contributed by atoms with E-state index in [-0.39, 0.29) is 36.3 Å².